The lowest BCUT2D eigenvalue weighted by molar-refractivity contribution is 0.0948. The van der Waals surface area contributed by atoms with E-state index < -0.39 is 0 Å². The highest BCUT2D eigenvalue weighted by Gasteiger charge is 2.32. The van der Waals surface area contributed by atoms with Crippen LogP contribution in [0.25, 0.3) is 0 Å². The molecule has 2 N–H and O–H groups in total. The van der Waals surface area contributed by atoms with Crippen molar-refractivity contribution in [2.45, 2.75) is 38.0 Å². The predicted octanol–water partition coefficient (Wildman–Crippen LogP) is 2.81. The number of aromatic amines is 1. The summed E-state index contributed by atoms with van der Waals surface area (Å²) < 4.78 is 0. The van der Waals surface area contributed by atoms with Gasteiger partial charge in [0.15, 0.2) is 0 Å². The molecule has 1 atom stereocenters. The van der Waals surface area contributed by atoms with Crippen LogP contribution in [0.3, 0.4) is 0 Å². The number of carbonyl (C=O) groups excluding carboxylic acids is 1. The van der Waals surface area contributed by atoms with Crippen molar-refractivity contribution in [1.82, 2.24) is 20.4 Å². The van der Waals surface area contributed by atoms with Crippen LogP contribution in [0.4, 0.5) is 0 Å². The minimum atomic E-state index is 0.0203. The topological polar surface area (TPSA) is 61.0 Å². The number of likely N-dealkylation sites (tertiary alicyclic amines) is 1. The zero-order valence-electron chi connectivity index (χ0n) is 14.8. The molecule has 1 saturated heterocycles. The molecule has 1 aliphatic heterocycles. The van der Waals surface area contributed by atoms with E-state index >= 15 is 0 Å². The summed E-state index contributed by atoms with van der Waals surface area (Å²) in [7, 11) is 0. The van der Waals surface area contributed by atoms with Gasteiger partial charge in [-0.1, -0.05) is 30.3 Å². The number of rotatable bonds is 6. The summed E-state index contributed by atoms with van der Waals surface area (Å²) in [5.74, 6) is 1.12. The van der Waals surface area contributed by atoms with Crippen molar-refractivity contribution in [2.24, 2.45) is 0 Å². The third-order valence-corrected chi connectivity index (χ3v) is 5.42. The van der Waals surface area contributed by atoms with Crippen molar-refractivity contribution in [3.05, 3.63) is 52.8 Å². The van der Waals surface area contributed by atoms with Crippen LogP contribution in [0.15, 0.2) is 30.3 Å². The Morgan fingerprint density at radius 2 is 2.04 bits per heavy atom. The van der Waals surface area contributed by atoms with Crippen molar-refractivity contribution < 1.29 is 4.79 Å². The first kappa shape index (κ1) is 16.3. The third kappa shape index (κ3) is 3.61. The molecule has 1 amide bonds. The summed E-state index contributed by atoms with van der Waals surface area (Å²) in [6, 6.07) is 10.7. The SMILES string of the molecule is Cc1[nH]nc(C2CC2)c1C(=O)NCCN1CC[C@@H](c2ccccc2)C1. The third-order valence-electron chi connectivity index (χ3n) is 5.42. The first-order chi connectivity index (χ1) is 12.2. The standard InChI is InChI=1S/C20H26N4O/c1-14-18(19(23-22-14)16-7-8-16)20(25)21-10-12-24-11-9-17(13-24)15-5-3-2-4-6-15/h2-6,16-17H,7-13H2,1H3,(H,21,25)(H,22,23)/t17-/m1/s1. The molecule has 5 heteroatoms. The molecule has 2 aromatic rings. The van der Waals surface area contributed by atoms with Gasteiger partial charge in [-0.15, -0.1) is 0 Å². The second-order valence-corrected chi connectivity index (χ2v) is 7.34. The molecule has 0 radical (unpaired) electrons. The summed E-state index contributed by atoms with van der Waals surface area (Å²) >= 11 is 0. The Labute approximate surface area is 148 Å². The van der Waals surface area contributed by atoms with Crippen molar-refractivity contribution in [3.8, 4) is 0 Å². The first-order valence-electron chi connectivity index (χ1n) is 9.32. The number of aryl methyl sites for hydroxylation is 1. The molecule has 132 valence electrons. The van der Waals surface area contributed by atoms with Crippen LogP contribution < -0.4 is 5.32 Å². The molecule has 25 heavy (non-hydrogen) atoms. The van der Waals surface area contributed by atoms with E-state index in [2.05, 4.69) is 50.7 Å². The molecule has 4 rings (SSSR count). The fourth-order valence-corrected chi connectivity index (χ4v) is 3.84. The Hall–Kier alpha value is -2.14. The average Bonchev–Trinajstić information content (AvgIpc) is 3.24. The molecule has 0 spiro atoms. The van der Waals surface area contributed by atoms with E-state index in [0.29, 0.717) is 18.4 Å². The second kappa shape index (κ2) is 7.00. The van der Waals surface area contributed by atoms with Crippen molar-refractivity contribution in [1.29, 1.82) is 0 Å². The number of nitrogens with one attached hydrogen (secondary N) is 2. The summed E-state index contributed by atoms with van der Waals surface area (Å²) in [4.78, 5) is 15.0. The molecular formula is C20H26N4O. The van der Waals surface area contributed by atoms with Crippen LogP contribution in [-0.4, -0.2) is 47.2 Å². The number of benzene rings is 1. The Morgan fingerprint density at radius 1 is 1.24 bits per heavy atom. The van der Waals surface area contributed by atoms with E-state index in [1.165, 1.54) is 12.0 Å². The van der Waals surface area contributed by atoms with Crippen molar-refractivity contribution in [3.63, 3.8) is 0 Å². The highest BCUT2D eigenvalue weighted by atomic mass is 16.1. The van der Waals surface area contributed by atoms with Crippen molar-refractivity contribution >= 4 is 5.91 Å². The Bertz CT molecular complexity index is 735. The van der Waals surface area contributed by atoms with Gasteiger partial charge in [-0.2, -0.15) is 5.10 Å². The lowest BCUT2D eigenvalue weighted by atomic mass is 9.99. The zero-order chi connectivity index (χ0) is 17.2. The van der Waals surface area contributed by atoms with E-state index in [9.17, 15) is 4.79 Å². The number of H-pyrrole nitrogens is 1. The van der Waals surface area contributed by atoms with Crippen LogP contribution in [0.5, 0.6) is 0 Å². The maximum atomic E-state index is 12.5. The van der Waals surface area contributed by atoms with Gasteiger partial charge in [-0.3, -0.25) is 9.89 Å². The summed E-state index contributed by atoms with van der Waals surface area (Å²) in [6.07, 6.45) is 3.50. The smallest absolute Gasteiger partial charge is 0.255 e. The molecule has 0 bridgehead atoms. The van der Waals surface area contributed by atoms with Gasteiger partial charge in [0.25, 0.3) is 5.91 Å². The van der Waals surface area contributed by atoms with Crippen LogP contribution in [0.2, 0.25) is 0 Å². The number of carbonyl (C=O) groups is 1. The quantitative estimate of drug-likeness (QED) is 0.851. The molecule has 2 heterocycles. The Morgan fingerprint density at radius 3 is 2.80 bits per heavy atom. The predicted molar refractivity (Wildman–Crippen MR) is 97.9 cm³/mol. The van der Waals surface area contributed by atoms with Crippen LogP contribution in [0.1, 0.15) is 58.4 Å². The van der Waals surface area contributed by atoms with Gasteiger partial charge in [0.1, 0.15) is 0 Å². The first-order valence-corrected chi connectivity index (χ1v) is 9.32. The van der Waals surface area contributed by atoms with Gasteiger partial charge >= 0.3 is 0 Å². The highest BCUT2D eigenvalue weighted by molar-refractivity contribution is 5.96. The molecule has 1 saturated carbocycles. The van der Waals surface area contributed by atoms with Crippen LogP contribution in [0, 0.1) is 6.92 Å². The molecule has 2 aliphatic rings. The van der Waals surface area contributed by atoms with Gasteiger partial charge in [0, 0.05) is 31.2 Å². The molecule has 1 aromatic heterocycles. The Balaban J connectivity index is 1.27. The number of aromatic nitrogens is 2. The number of hydrogen-bond donors (Lipinski definition) is 2. The van der Waals surface area contributed by atoms with Crippen LogP contribution >= 0.6 is 0 Å². The van der Waals surface area contributed by atoms with Gasteiger partial charge in [0.05, 0.1) is 11.3 Å². The molecule has 1 aliphatic carbocycles. The largest absolute Gasteiger partial charge is 0.351 e. The average molecular weight is 338 g/mol. The number of amides is 1. The normalized spacial score (nSPS) is 20.8. The van der Waals surface area contributed by atoms with Crippen molar-refractivity contribution in [2.75, 3.05) is 26.2 Å². The summed E-state index contributed by atoms with van der Waals surface area (Å²) in [5.41, 5.74) is 4.04. The van der Waals surface area contributed by atoms with Gasteiger partial charge < -0.3 is 10.2 Å². The molecule has 2 fully saturated rings. The summed E-state index contributed by atoms with van der Waals surface area (Å²) in [5, 5.41) is 10.4. The fraction of sp³-hybridized carbons (Fsp3) is 0.500. The monoisotopic (exact) mass is 338 g/mol. The van der Waals surface area contributed by atoms with E-state index in [4.69, 9.17) is 0 Å². The number of nitrogens with zero attached hydrogens (tertiary/aromatic N) is 2. The van der Waals surface area contributed by atoms with Gasteiger partial charge in [0.2, 0.25) is 0 Å². The maximum Gasteiger partial charge on any atom is 0.255 e. The van der Waals surface area contributed by atoms with E-state index in [0.717, 1.165) is 49.4 Å². The minimum absolute atomic E-state index is 0.0203. The van der Waals surface area contributed by atoms with Gasteiger partial charge in [-0.25, -0.2) is 0 Å². The molecule has 5 nitrogen and oxygen atoms in total. The molecule has 1 aromatic carbocycles. The molecular weight excluding hydrogens is 312 g/mol. The van der Waals surface area contributed by atoms with E-state index in [1.54, 1.807) is 0 Å². The fourth-order valence-electron chi connectivity index (χ4n) is 3.84. The van der Waals surface area contributed by atoms with Crippen LogP contribution in [-0.2, 0) is 0 Å². The van der Waals surface area contributed by atoms with E-state index in [1.807, 2.05) is 6.92 Å². The van der Waals surface area contributed by atoms with E-state index in [-0.39, 0.29) is 5.91 Å². The lowest BCUT2D eigenvalue weighted by Crippen LogP contribution is -2.34. The van der Waals surface area contributed by atoms with Gasteiger partial charge in [-0.05, 0) is 44.2 Å². The Kier molecular flexibility index (Phi) is 4.57. The zero-order valence-corrected chi connectivity index (χ0v) is 14.8. The second-order valence-electron chi connectivity index (χ2n) is 7.34. The maximum absolute atomic E-state index is 12.5. The molecule has 0 unspecified atom stereocenters. The minimum Gasteiger partial charge on any atom is -0.351 e. The number of hydrogen-bond acceptors (Lipinski definition) is 3. The lowest BCUT2D eigenvalue weighted by Gasteiger charge is -2.16. The highest BCUT2D eigenvalue weighted by Crippen LogP contribution is 2.41. The summed E-state index contributed by atoms with van der Waals surface area (Å²) in [6.45, 7) is 5.71.